The van der Waals surface area contributed by atoms with Gasteiger partial charge in [-0.3, -0.25) is 0 Å². The van der Waals surface area contributed by atoms with Crippen molar-refractivity contribution in [3.63, 3.8) is 0 Å². The van der Waals surface area contributed by atoms with Gasteiger partial charge in [0, 0.05) is 23.1 Å². The lowest BCUT2D eigenvalue weighted by Crippen LogP contribution is -2.06. The summed E-state index contributed by atoms with van der Waals surface area (Å²) in [7, 11) is 1.32. The summed E-state index contributed by atoms with van der Waals surface area (Å²) in [6.45, 7) is 2.99. The van der Waals surface area contributed by atoms with E-state index in [2.05, 4.69) is 18.6 Å². The van der Waals surface area contributed by atoms with Crippen LogP contribution in [0.4, 0.5) is 8.78 Å². The van der Waals surface area contributed by atoms with Crippen molar-refractivity contribution in [2.75, 3.05) is 7.11 Å². The quantitative estimate of drug-likeness (QED) is 0.249. The lowest BCUT2D eigenvalue weighted by molar-refractivity contribution is -0.138. The highest BCUT2D eigenvalue weighted by Crippen LogP contribution is 2.30. The molecule has 8 heteroatoms. The predicted octanol–water partition coefficient (Wildman–Crippen LogP) is 5.59. The maximum atomic E-state index is 12.4. The molecule has 0 amide bonds. The molecule has 1 heterocycles. The summed E-state index contributed by atoms with van der Waals surface area (Å²) in [5.41, 5.74) is 3.09. The Kier molecular flexibility index (Phi) is 7.48. The van der Waals surface area contributed by atoms with Crippen molar-refractivity contribution >= 4 is 23.0 Å². The fourth-order valence-electron chi connectivity index (χ4n) is 3.48. The molecule has 0 spiro atoms. The third kappa shape index (κ3) is 5.97. The highest BCUT2D eigenvalue weighted by molar-refractivity contribution is 5.88. The lowest BCUT2D eigenvalue weighted by atomic mass is 9.95. The normalized spacial score (nSPS) is 11.5. The molecule has 0 saturated heterocycles. The molecule has 3 rings (SSSR count). The second-order valence-electron chi connectivity index (χ2n) is 7.68. The smallest absolute Gasteiger partial charge is 0.387 e. The first-order valence-electron chi connectivity index (χ1n) is 10.2. The molecule has 0 atom stereocenters. The van der Waals surface area contributed by atoms with E-state index in [4.69, 9.17) is 13.9 Å². The minimum Gasteiger partial charge on any atom is -0.493 e. The van der Waals surface area contributed by atoms with Gasteiger partial charge >= 0.3 is 18.2 Å². The van der Waals surface area contributed by atoms with E-state index in [0.717, 1.165) is 11.1 Å². The second-order valence-corrected chi connectivity index (χ2v) is 7.68. The van der Waals surface area contributed by atoms with E-state index in [0.29, 0.717) is 22.1 Å². The van der Waals surface area contributed by atoms with E-state index < -0.39 is 18.2 Å². The number of hydrogen-bond donors (Lipinski definition) is 0. The first-order valence-corrected chi connectivity index (χ1v) is 10.2. The van der Waals surface area contributed by atoms with E-state index >= 15 is 0 Å². The molecule has 0 fully saturated rings. The number of methoxy groups -OCH3 is 1. The first kappa shape index (κ1) is 24.0. The highest BCUT2D eigenvalue weighted by atomic mass is 19.3. The molecule has 0 radical (unpaired) electrons. The number of ether oxygens (including phenoxy) is 3. The molecule has 0 aliphatic carbocycles. The Labute approximate surface area is 189 Å². The van der Waals surface area contributed by atoms with Crippen LogP contribution in [0.5, 0.6) is 11.5 Å². The number of halogens is 2. The molecule has 6 nitrogen and oxygen atoms in total. The van der Waals surface area contributed by atoms with Crippen LogP contribution in [0.1, 0.15) is 42.0 Å². The SMILES string of the molecule is COc1cc(C=CC(=O)OCc2cc(=O)oc3cc(C)c(C(C)C)cc23)ccc1OC(F)F. The molecule has 0 saturated carbocycles. The monoisotopic (exact) mass is 458 g/mol. The molecular weight excluding hydrogens is 434 g/mol. The van der Waals surface area contributed by atoms with Crippen molar-refractivity contribution < 1.29 is 32.2 Å². The average Bonchev–Trinajstić information content (AvgIpc) is 2.75. The zero-order valence-electron chi connectivity index (χ0n) is 18.7. The van der Waals surface area contributed by atoms with Gasteiger partial charge in [0.1, 0.15) is 12.2 Å². The van der Waals surface area contributed by atoms with E-state index in [1.165, 1.54) is 43.5 Å². The van der Waals surface area contributed by atoms with Crippen molar-refractivity contribution in [1.29, 1.82) is 0 Å². The molecule has 33 heavy (non-hydrogen) atoms. The van der Waals surface area contributed by atoms with Crippen LogP contribution in [-0.4, -0.2) is 19.7 Å². The van der Waals surface area contributed by atoms with Gasteiger partial charge in [0.15, 0.2) is 11.5 Å². The number of carbonyl (C=O) groups is 1. The van der Waals surface area contributed by atoms with E-state index in [-0.39, 0.29) is 24.0 Å². The second kappa shape index (κ2) is 10.3. The van der Waals surface area contributed by atoms with Crippen LogP contribution < -0.4 is 15.1 Å². The van der Waals surface area contributed by atoms with Crippen LogP contribution in [0.2, 0.25) is 0 Å². The zero-order valence-corrected chi connectivity index (χ0v) is 18.7. The number of alkyl halides is 2. The minimum atomic E-state index is -2.98. The molecule has 0 bridgehead atoms. The molecule has 3 aromatic rings. The Balaban J connectivity index is 1.76. The maximum absolute atomic E-state index is 12.4. The topological polar surface area (TPSA) is 75.0 Å². The summed E-state index contributed by atoms with van der Waals surface area (Å²) in [5.74, 6) is -0.379. The fraction of sp³-hybridized carbons (Fsp3) is 0.280. The van der Waals surface area contributed by atoms with Crippen LogP contribution in [-0.2, 0) is 16.1 Å². The van der Waals surface area contributed by atoms with Gasteiger partial charge < -0.3 is 18.6 Å². The number of aryl methyl sites for hydroxylation is 1. The summed E-state index contributed by atoms with van der Waals surface area (Å²) >= 11 is 0. The van der Waals surface area contributed by atoms with Crippen molar-refractivity contribution in [2.45, 2.75) is 39.9 Å². The van der Waals surface area contributed by atoms with Crippen LogP contribution in [0.25, 0.3) is 17.0 Å². The maximum Gasteiger partial charge on any atom is 0.387 e. The number of carbonyl (C=O) groups excluding carboxylic acids is 1. The number of fused-ring (bicyclic) bond motifs is 1. The van der Waals surface area contributed by atoms with E-state index in [1.807, 2.05) is 19.1 Å². The van der Waals surface area contributed by atoms with Gasteiger partial charge in [-0.25, -0.2) is 9.59 Å². The first-order chi connectivity index (χ1) is 15.7. The third-order valence-electron chi connectivity index (χ3n) is 5.02. The summed E-state index contributed by atoms with van der Waals surface area (Å²) in [6, 6.07) is 9.34. The van der Waals surface area contributed by atoms with Crippen LogP contribution >= 0.6 is 0 Å². The molecule has 0 unspecified atom stereocenters. The van der Waals surface area contributed by atoms with Crippen LogP contribution in [0.15, 0.2) is 51.7 Å². The van der Waals surface area contributed by atoms with Gasteiger partial charge in [0.2, 0.25) is 0 Å². The highest BCUT2D eigenvalue weighted by Gasteiger charge is 2.13. The molecule has 1 aromatic heterocycles. The Morgan fingerprint density at radius 2 is 1.88 bits per heavy atom. The predicted molar refractivity (Wildman–Crippen MR) is 120 cm³/mol. The van der Waals surface area contributed by atoms with Crippen molar-refractivity contribution in [3.05, 3.63) is 75.1 Å². The Hall–Kier alpha value is -3.68. The number of rotatable bonds is 8. The Bertz CT molecular complexity index is 1240. The molecule has 174 valence electrons. The third-order valence-corrected chi connectivity index (χ3v) is 5.02. The van der Waals surface area contributed by atoms with Gasteiger partial charge in [-0.05, 0) is 59.9 Å². The Morgan fingerprint density at radius 1 is 1.12 bits per heavy atom. The van der Waals surface area contributed by atoms with Crippen LogP contribution in [0, 0.1) is 6.92 Å². The van der Waals surface area contributed by atoms with E-state index in [1.54, 1.807) is 0 Å². The number of hydrogen-bond acceptors (Lipinski definition) is 6. The molecule has 0 aliphatic heterocycles. The summed E-state index contributed by atoms with van der Waals surface area (Å²) in [5, 5.41) is 0.708. The van der Waals surface area contributed by atoms with Gasteiger partial charge in [-0.1, -0.05) is 19.9 Å². The van der Waals surface area contributed by atoms with Gasteiger partial charge in [-0.15, -0.1) is 0 Å². The largest absolute Gasteiger partial charge is 0.493 e. The fourth-order valence-corrected chi connectivity index (χ4v) is 3.48. The zero-order chi connectivity index (χ0) is 24.1. The summed E-state index contributed by atoms with van der Waals surface area (Å²) in [6.07, 6.45) is 2.65. The minimum absolute atomic E-state index is 0.101. The Morgan fingerprint density at radius 3 is 2.55 bits per heavy atom. The van der Waals surface area contributed by atoms with Crippen molar-refractivity contribution in [1.82, 2.24) is 0 Å². The van der Waals surface area contributed by atoms with E-state index in [9.17, 15) is 18.4 Å². The molecule has 0 aliphatic rings. The van der Waals surface area contributed by atoms with Crippen molar-refractivity contribution in [3.8, 4) is 11.5 Å². The number of benzene rings is 2. The molecular formula is C25H24F2O6. The molecule has 0 N–H and O–H groups in total. The summed E-state index contributed by atoms with van der Waals surface area (Å²) < 4.78 is 44.9. The van der Waals surface area contributed by atoms with Gasteiger partial charge in [0.05, 0.1) is 7.11 Å². The average molecular weight is 458 g/mol. The standard InChI is InChI=1S/C25H24F2O6/c1-14(2)18-12-19-17(11-24(29)32-21(19)9-15(18)3)13-31-23(28)8-6-16-5-7-20(33-25(26)27)22(10-16)30-4/h5-12,14,25H,13H2,1-4H3. The molecule has 2 aromatic carbocycles. The van der Waals surface area contributed by atoms with Crippen LogP contribution in [0.3, 0.4) is 0 Å². The lowest BCUT2D eigenvalue weighted by Gasteiger charge is -2.13. The van der Waals surface area contributed by atoms with Gasteiger partial charge in [-0.2, -0.15) is 8.78 Å². The summed E-state index contributed by atoms with van der Waals surface area (Å²) in [4.78, 5) is 24.2. The van der Waals surface area contributed by atoms with Gasteiger partial charge in [0.25, 0.3) is 0 Å². The van der Waals surface area contributed by atoms with Crippen molar-refractivity contribution in [2.24, 2.45) is 0 Å². The number of esters is 1.